The van der Waals surface area contributed by atoms with Crippen molar-refractivity contribution in [3.63, 3.8) is 0 Å². The molecule has 0 saturated heterocycles. The van der Waals surface area contributed by atoms with Crippen molar-refractivity contribution in [2.24, 2.45) is 0 Å². The first-order valence-corrected chi connectivity index (χ1v) is 2.33. The van der Waals surface area contributed by atoms with Crippen molar-refractivity contribution in [1.82, 2.24) is 15.0 Å². The van der Waals surface area contributed by atoms with Gasteiger partial charge in [0.2, 0.25) is 0 Å². The summed E-state index contributed by atoms with van der Waals surface area (Å²) in [5.41, 5.74) is 0.877. The average molecular weight is 109 g/mol. The van der Waals surface area contributed by atoms with Gasteiger partial charge in [0.05, 0.1) is 12.4 Å². The second kappa shape index (κ2) is 1.78. The van der Waals surface area contributed by atoms with Gasteiger partial charge in [-0.3, -0.25) is 0 Å². The van der Waals surface area contributed by atoms with Crippen molar-refractivity contribution in [2.75, 3.05) is 0 Å². The van der Waals surface area contributed by atoms with Crippen LogP contribution in [0.5, 0.6) is 0 Å². The van der Waals surface area contributed by atoms with Gasteiger partial charge in [0, 0.05) is 5.70 Å². The summed E-state index contributed by atoms with van der Waals surface area (Å²) < 4.78 is 1.61. The molecule has 0 unspecified atom stereocenters. The molecule has 3 heteroatoms. The molecule has 1 heterocycles. The second-order valence-electron chi connectivity index (χ2n) is 1.58. The molecule has 8 heavy (non-hydrogen) atoms. The van der Waals surface area contributed by atoms with E-state index in [1.165, 1.54) is 0 Å². The highest BCUT2D eigenvalue weighted by molar-refractivity contribution is 5.34. The number of rotatable bonds is 1. The minimum atomic E-state index is 0.877. The summed E-state index contributed by atoms with van der Waals surface area (Å²) in [7, 11) is 0. The van der Waals surface area contributed by atoms with Crippen molar-refractivity contribution in [1.29, 1.82) is 0 Å². The number of nitrogens with zero attached hydrogens (tertiary/aromatic N) is 3. The molecule has 0 bridgehead atoms. The average Bonchev–Trinajstić information content (AvgIpc) is 2.12. The van der Waals surface area contributed by atoms with Gasteiger partial charge < -0.3 is 0 Å². The minimum Gasteiger partial charge on any atom is -0.226 e. The van der Waals surface area contributed by atoms with E-state index in [1.54, 1.807) is 17.1 Å². The normalized spacial score (nSPS) is 9.12. The molecule has 0 aliphatic rings. The van der Waals surface area contributed by atoms with Crippen LogP contribution in [-0.4, -0.2) is 15.0 Å². The molecular weight excluding hydrogens is 102 g/mol. The monoisotopic (exact) mass is 109 g/mol. The van der Waals surface area contributed by atoms with Crippen LogP contribution in [0.25, 0.3) is 5.70 Å². The van der Waals surface area contributed by atoms with E-state index in [1.807, 2.05) is 6.92 Å². The van der Waals surface area contributed by atoms with Crippen LogP contribution in [0, 0.1) is 0 Å². The van der Waals surface area contributed by atoms with Gasteiger partial charge in [0.15, 0.2) is 0 Å². The molecule has 1 aromatic rings. The van der Waals surface area contributed by atoms with E-state index in [2.05, 4.69) is 16.9 Å². The highest BCUT2D eigenvalue weighted by Gasteiger charge is 1.85. The van der Waals surface area contributed by atoms with E-state index in [9.17, 15) is 0 Å². The molecule has 0 aliphatic carbocycles. The van der Waals surface area contributed by atoms with Crippen molar-refractivity contribution in [3.05, 3.63) is 19.0 Å². The Labute approximate surface area is 47.6 Å². The lowest BCUT2D eigenvalue weighted by molar-refractivity contribution is 0.816. The molecule has 42 valence electrons. The summed E-state index contributed by atoms with van der Waals surface area (Å²) in [6.07, 6.45) is 3.37. The predicted molar refractivity (Wildman–Crippen MR) is 31.0 cm³/mol. The largest absolute Gasteiger partial charge is 0.226 e. The molecule has 0 radical (unpaired) electrons. The Bertz CT molecular complexity index is 176. The Morgan fingerprint density at radius 1 is 1.75 bits per heavy atom. The smallest absolute Gasteiger partial charge is 0.0697 e. The van der Waals surface area contributed by atoms with E-state index >= 15 is 0 Å². The number of hydrogen-bond acceptors (Lipinski definition) is 2. The zero-order valence-electron chi connectivity index (χ0n) is 4.70. The fraction of sp³-hybridized carbons (Fsp3) is 0.200. The van der Waals surface area contributed by atoms with Crippen molar-refractivity contribution < 1.29 is 0 Å². The lowest BCUT2D eigenvalue weighted by Gasteiger charge is -1.91. The Kier molecular flexibility index (Phi) is 1.12. The van der Waals surface area contributed by atoms with Crippen molar-refractivity contribution in [3.8, 4) is 0 Å². The summed E-state index contributed by atoms with van der Waals surface area (Å²) in [4.78, 5) is 0. The third-order valence-corrected chi connectivity index (χ3v) is 0.814. The highest BCUT2D eigenvalue weighted by atomic mass is 15.4. The molecule has 0 atom stereocenters. The molecule has 1 aromatic heterocycles. The third kappa shape index (κ3) is 0.753. The fourth-order valence-corrected chi connectivity index (χ4v) is 0.412. The van der Waals surface area contributed by atoms with E-state index in [4.69, 9.17) is 0 Å². The number of aromatic nitrogens is 3. The van der Waals surface area contributed by atoms with Crippen LogP contribution in [0.2, 0.25) is 0 Å². The third-order valence-electron chi connectivity index (χ3n) is 0.814. The maximum Gasteiger partial charge on any atom is 0.0697 e. The van der Waals surface area contributed by atoms with Crippen LogP contribution in [-0.2, 0) is 0 Å². The van der Waals surface area contributed by atoms with Gasteiger partial charge in [-0.1, -0.05) is 11.8 Å². The van der Waals surface area contributed by atoms with Gasteiger partial charge in [-0.05, 0) is 6.92 Å². The quantitative estimate of drug-likeness (QED) is 0.533. The van der Waals surface area contributed by atoms with Gasteiger partial charge >= 0.3 is 0 Å². The second-order valence-corrected chi connectivity index (χ2v) is 1.58. The van der Waals surface area contributed by atoms with Gasteiger partial charge in [0.25, 0.3) is 0 Å². The summed E-state index contributed by atoms with van der Waals surface area (Å²) in [6, 6.07) is 0. The van der Waals surface area contributed by atoms with E-state index in [0.29, 0.717) is 0 Å². The molecule has 0 spiro atoms. The standard InChI is InChI=1S/C5H7N3/c1-5(2)8-4-3-6-7-8/h3-4H,1H2,2H3. The van der Waals surface area contributed by atoms with Crippen LogP contribution >= 0.6 is 0 Å². The van der Waals surface area contributed by atoms with E-state index in [0.717, 1.165) is 5.70 Å². The lowest BCUT2D eigenvalue weighted by atomic mass is 10.6. The molecule has 3 nitrogen and oxygen atoms in total. The molecular formula is C5H7N3. The van der Waals surface area contributed by atoms with E-state index in [-0.39, 0.29) is 0 Å². The van der Waals surface area contributed by atoms with Crippen molar-refractivity contribution in [2.45, 2.75) is 6.92 Å². The Hall–Kier alpha value is -1.12. The van der Waals surface area contributed by atoms with Gasteiger partial charge in [-0.2, -0.15) is 0 Å². The summed E-state index contributed by atoms with van der Waals surface area (Å²) in [6.45, 7) is 5.53. The number of allylic oxidation sites excluding steroid dienone is 1. The predicted octanol–water partition coefficient (Wildman–Crippen LogP) is 0.769. The Balaban J connectivity index is 2.93. The van der Waals surface area contributed by atoms with Gasteiger partial charge in [0.1, 0.15) is 0 Å². The summed E-state index contributed by atoms with van der Waals surface area (Å²) >= 11 is 0. The molecule has 0 N–H and O–H groups in total. The van der Waals surface area contributed by atoms with E-state index < -0.39 is 0 Å². The summed E-state index contributed by atoms with van der Waals surface area (Å²) in [5, 5.41) is 7.28. The van der Waals surface area contributed by atoms with Gasteiger partial charge in [-0.25, -0.2) is 4.68 Å². The molecule has 1 rings (SSSR count). The first kappa shape index (κ1) is 5.03. The maximum absolute atomic E-state index is 3.68. The van der Waals surface area contributed by atoms with Crippen molar-refractivity contribution >= 4 is 5.70 Å². The SMILES string of the molecule is C=C(C)n1ccnn1. The molecule has 0 aliphatic heterocycles. The number of hydrogen-bond donors (Lipinski definition) is 0. The summed E-state index contributed by atoms with van der Waals surface area (Å²) in [5.74, 6) is 0. The Morgan fingerprint density at radius 3 is 2.75 bits per heavy atom. The van der Waals surface area contributed by atoms with Crippen LogP contribution in [0.4, 0.5) is 0 Å². The maximum atomic E-state index is 3.68. The van der Waals surface area contributed by atoms with Gasteiger partial charge in [-0.15, -0.1) is 5.10 Å². The lowest BCUT2D eigenvalue weighted by Crippen LogP contribution is -1.91. The van der Waals surface area contributed by atoms with Crippen LogP contribution in [0.1, 0.15) is 6.92 Å². The molecule has 0 amide bonds. The van der Waals surface area contributed by atoms with Crippen LogP contribution in [0.15, 0.2) is 19.0 Å². The molecule has 0 aromatic carbocycles. The molecule has 0 fully saturated rings. The fourth-order valence-electron chi connectivity index (χ4n) is 0.412. The first-order chi connectivity index (χ1) is 3.80. The Morgan fingerprint density at radius 2 is 2.50 bits per heavy atom. The topological polar surface area (TPSA) is 30.7 Å². The zero-order chi connectivity index (χ0) is 5.98. The molecule has 0 saturated carbocycles. The highest BCUT2D eigenvalue weighted by Crippen LogP contribution is 1.91. The van der Waals surface area contributed by atoms with Crippen LogP contribution < -0.4 is 0 Å². The minimum absolute atomic E-state index is 0.877. The van der Waals surface area contributed by atoms with Crippen LogP contribution in [0.3, 0.4) is 0 Å². The zero-order valence-corrected chi connectivity index (χ0v) is 4.70. The first-order valence-electron chi connectivity index (χ1n) is 2.33.